The Labute approximate surface area is 129 Å². The molecular weight excluding hydrogens is 258 g/mol. The van der Waals surface area contributed by atoms with E-state index < -0.39 is 0 Å². The van der Waals surface area contributed by atoms with E-state index in [4.69, 9.17) is 5.10 Å². The van der Waals surface area contributed by atoms with Crippen molar-refractivity contribution < 1.29 is 0 Å². The first-order valence-electron chi connectivity index (χ1n) is 9.03. The van der Waals surface area contributed by atoms with Crippen LogP contribution in [0.25, 0.3) is 0 Å². The van der Waals surface area contributed by atoms with Gasteiger partial charge in [0.05, 0.1) is 5.69 Å². The summed E-state index contributed by atoms with van der Waals surface area (Å²) in [5, 5.41) is 8.38. The Kier molecular flexibility index (Phi) is 4.99. The Morgan fingerprint density at radius 1 is 1.14 bits per heavy atom. The summed E-state index contributed by atoms with van der Waals surface area (Å²) in [4.78, 5) is 0. The van der Waals surface area contributed by atoms with Crippen LogP contribution >= 0.6 is 0 Å². The molecule has 2 heterocycles. The van der Waals surface area contributed by atoms with Crippen LogP contribution in [0.5, 0.6) is 0 Å². The quantitative estimate of drug-likeness (QED) is 0.915. The average Bonchev–Trinajstić information content (AvgIpc) is 2.93. The van der Waals surface area contributed by atoms with Crippen molar-refractivity contribution in [1.29, 1.82) is 0 Å². The van der Waals surface area contributed by atoms with Crippen molar-refractivity contribution in [3.8, 4) is 0 Å². The number of hydrogen-bond acceptors (Lipinski definition) is 2. The van der Waals surface area contributed by atoms with Crippen molar-refractivity contribution in [1.82, 2.24) is 15.1 Å². The summed E-state index contributed by atoms with van der Waals surface area (Å²) >= 11 is 0. The molecule has 0 bridgehead atoms. The Balaban J connectivity index is 1.67. The van der Waals surface area contributed by atoms with Gasteiger partial charge in [0, 0.05) is 18.2 Å². The van der Waals surface area contributed by atoms with Crippen LogP contribution in [0.1, 0.15) is 69.7 Å². The van der Waals surface area contributed by atoms with E-state index in [-0.39, 0.29) is 0 Å². The minimum atomic E-state index is 0.721. The van der Waals surface area contributed by atoms with Gasteiger partial charge in [0.2, 0.25) is 0 Å². The number of aryl methyl sites for hydroxylation is 1. The molecule has 0 radical (unpaired) electrons. The van der Waals surface area contributed by atoms with Crippen LogP contribution in [0.15, 0.2) is 6.07 Å². The maximum absolute atomic E-state index is 4.91. The minimum Gasteiger partial charge on any atom is -0.317 e. The van der Waals surface area contributed by atoms with Crippen LogP contribution in [-0.4, -0.2) is 22.9 Å². The molecule has 3 nitrogen and oxygen atoms in total. The summed E-state index contributed by atoms with van der Waals surface area (Å²) in [7, 11) is 0. The second kappa shape index (κ2) is 6.95. The molecule has 1 saturated heterocycles. The second-order valence-electron chi connectivity index (χ2n) is 7.23. The first kappa shape index (κ1) is 15.1. The Hall–Kier alpha value is -0.830. The summed E-state index contributed by atoms with van der Waals surface area (Å²) in [6.45, 7) is 7.96. The lowest BCUT2D eigenvalue weighted by Crippen LogP contribution is -2.27. The Morgan fingerprint density at radius 3 is 2.52 bits per heavy atom. The van der Waals surface area contributed by atoms with Gasteiger partial charge in [0.25, 0.3) is 0 Å². The third kappa shape index (κ3) is 3.68. The Bertz CT molecular complexity index is 437. The van der Waals surface area contributed by atoms with Gasteiger partial charge in [-0.05, 0) is 70.0 Å². The van der Waals surface area contributed by atoms with E-state index in [0.29, 0.717) is 0 Å². The smallest absolute Gasteiger partial charge is 0.0630 e. The van der Waals surface area contributed by atoms with E-state index >= 15 is 0 Å². The molecule has 1 aromatic heterocycles. The van der Waals surface area contributed by atoms with E-state index in [1.165, 1.54) is 56.3 Å². The molecule has 2 fully saturated rings. The van der Waals surface area contributed by atoms with E-state index in [1.807, 2.05) is 0 Å². The van der Waals surface area contributed by atoms with Crippen molar-refractivity contribution in [3.05, 3.63) is 17.5 Å². The van der Waals surface area contributed by atoms with Gasteiger partial charge in [0.15, 0.2) is 0 Å². The van der Waals surface area contributed by atoms with Gasteiger partial charge in [-0.2, -0.15) is 5.10 Å². The highest BCUT2D eigenvalue weighted by atomic mass is 15.3. The van der Waals surface area contributed by atoms with Crippen molar-refractivity contribution in [3.63, 3.8) is 0 Å². The standard InChI is InChI=1S/C18H31N3/c1-3-21-18(16-8-10-19-11-9-16)13-17(20-21)12-15-6-4-14(2)5-7-15/h13-16,19H,3-12H2,1-2H3. The maximum atomic E-state index is 4.91. The first-order valence-corrected chi connectivity index (χ1v) is 9.03. The van der Waals surface area contributed by atoms with Crippen molar-refractivity contribution in [2.45, 2.75) is 71.3 Å². The SMILES string of the molecule is CCn1nc(CC2CCC(C)CC2)cc1C1CCNCC1. The topological polar surface area (TPSA) is 29.9 Å². The summed E-state index contributed by atoms with van der Waals surface area (Å²) < 4.78 is 2.27. The van der Waals surface area contributed by atoms with Crippen molar-refractivity contribution >= 4 is 0 Å². The molecule has 1 aliphatic heterocycles. The third-order valence-electron chi connectivity index (χ3n) is 5.55. The van der Waals surface area contributed by atoms with Crippen LogP contribution in [0.3, 0.4) is 0 Å². The summed E-state index contributed by atoms with van der Waals surface area (Å²) in [5.41, 5.74) is 2.85. The molecular formula is C18H31N3. The van der Waals surface area contributed by atoms with Gasteiger partial charge in [-0.3, -0.25) is 4.68 Å². The van der Waals surface area contributed by atoms with Crippen LogP contribution in [-0.2, 0) is 13.0 Å². The molecule has 0 aromatic carbocycles. The summed E-state index contributed by atoms with van der Waals surface area (Å²) in [6.07, 6.45) is 9.39. The molecule has 1 aliphatic carbocycles. The maximum Gasteiger partial charge on any atom is 0.0630 e. The predicted octanol–water partition coefficient (Wildman–Crippen LogP) is 3.74. The summed E-state index contributed by atoms with van der Waals surface area (Å²) in [5.74, 6) is 2.54. The fourth-order valence-electron chi connectivity index (χ4n) is 4.12. The number of hydrogen-bond donors (Lipinski definition) is 1. The fraction of sp³-hybridized carbons (Fsp3) is 0.833. The molecule has 0 unspecified atom stereocenters. The van der Waals surface area contributed by atoms with Gasteiger partial charge in [0.1, 0.15) is 0 Å². The highest BCUT2D eigenvalue weighted by Gasteiger charge is 2.23. The lowest BCUT2D eigenvalue weighted by atomic mass is 9.81. The average molecular weight is 289 g/mol. The molecule has 3 rings (SSSR count). The number of rotatable bonds is 4. The van der Waals surface area contributed by atoms with Gasteiger partial charge in [-0.15, -0.1) is 0 Å². The zero-order valence-corrected chi connectivity index (χ0v) is 13.8. The molecule has 118 valence electrons. The molecule has 0 amide bonds. The zero-order chi connectivity index (χ0) is 14.7. The second-order valence-corrected chi connectivity index (χ2v) is 7.23. The van der Waals surface area contributed by atoms with Gasteiger partial charge in [-0.1, -0.05) is 19.8 Å². The van der Waals surface area contributed by atoms with Crippen molar-refractivity contribution in [2.75, 3.05) is 13.1 Å². The normalized spacial score (nSPS) is 27.9. The highest BCUT2D eigenvalue weighted by Crippen LogP contribution is 2.32. The first-order chi connectivity index (χ1) is 10.3. The van der Waals surface area contributed by atoms with Crippen LogP contribution in [0, 0.1) is 11.8 Å². The lowest BCUT2D eigenvalue weighted by Gasteiger charge is -2.25. The molecule has 1 saturated carbocycles. The zero-order valence-electron chi connectivity index (χ0n) is 13.8. The molecule has 0 spiro atoms. The van der Waals surface area contributed by atoms with Crippen LogP contribution in [0.2, 0.25) is 0 Å². The van der Waals surface area contributed by atoms with E-state index in [1.54, 1.807) is 0 Å². The molecule has 3 heteroatoms. The third-order valence-corrected chi connectivity index (χ3v) is 5.55. The van der Waals surface area contributed by atoms with Gasteiger partial charge in [-0.25, -0.2) is 0 Å². The van der Waals surface area contributed by atoms with E-state index in [2.05, 4.69) is 29.9 Å². The minimum absolute atomic E-state index is 0.721. The molecule has 1 N–H and O–H groups in total. The van der Waals surface area contributed by atoms with Crippen molar-refractivity contribution in [2.24, 2.45) is 11.8 Å². The monoisotopic (exact) mass is 289 g/mol. The number of piperidine rings is 1. The fourth-order valence-corrected chi connectivity index (χ4v) is 4.12. The number of aromatic nitrogens is 2. The molecule has 21 heavy (non-hydrogen) atoms. The number of nitrogens with zero attached hydrogens (tertiary/aromatic N) is 2. The Morgan fingerprint density at radius 2 is 1.86 bits per heavy atom. The molecule has 2 aliphatic rings. The van der Waals surface area contributed by atoms with Gasteiger partial charge < -0.3 is 5.32 Å². The van der Waals surface area contributed by atoms with E-state index in [9.17, 15) is 0 Å². The van der Waals surface area contributed by atoms with E-state index in [0.717, 1.165) is 37.4 Å². The largest absolute Gasteiger partial charge is 0.317 e. The number of nitrogens with one attached hydrogen (secondary N) is 1. The highest BCUT2D eigenvalue weighted by molar-refractivity contribution is 5.16. The lowest BCUT2D eigenvalue weighted by molar-refractivity contribution is 0.287. The summed E-state index contributed by atoms with van der Waals surface area (Å²) in [6, 6.07) is 2.43. The molecule has 1 aromatic rings. The van der Waals surface area contributed by atoms with Crippen LogP contribution in [0.4, 0.5) is 0 Å². The van der Waals surface area contributed by atoms with Gasteiger partial charge >= 0.3 is 0 Å². The van der Waals surface area contributed by atoms with Crippen LogP contribution < -0.4 is 5.32 Å². The molecule has 0 atom stereocenters. The predicted molar refractivity (Wildman–Crippen MR) is 87.6 cm³/mol.